The minimum Gasteiger partial charge on any atom is -0.508 e. The van der Waals surface area contributed by atoms with Gasteiger partial charge in [-0.1, -0.05) is 18.2 Å². The van der Waals surface area contributed by atoms with Crippen molar-refractivity contribution in [1.29, 1.82) is 5.26 Å². The minimum atomic E-state index is -0.503. The topological polar surface area (TPSA) is 56.0 Å². The Morgan fingerprint density at radius 3 is 2.44 bits per heavy atom. The molecule has 1 heterocycles. The number of phenolic OH excluding ortho intramolecular Hbond substituents is 1. The summed E-state index contributed by atoms with van der Waals surface area (Å²) in [5.41, 5.74) is 0.269. The predicted octanol–water partition coefficient (Wildman–Crippen LogP) is 1.96. The van der Waals surface area contributed by atoms with E-state index in [2.05, 4.69) is 11.4 Å². The van der Waals surface area contributed by atoms with Gasteiger partial charge >= 0.3 is 0 Å². The van der Waals surface area contributed by atoms with Crippen molar-refractivity contribution >= 4 is 12.4 Å². The van der Waals surface area contributed by atoms with Crippen molar-refractivity contribution in [2.45, 2.75) is 18.3 Å². The molecular formula is C12H15ClN2O. The Labute approximate surface area is 102 Å². The van der Waals surface area contributed by atoms with Gasteiger partial charge in [-0.3, -0.25) is 0 Å². The molecule has 2 N–H and O–H groups in total. The average molecular weight is 239 g/mol. The van der Waals surface area contributed by atoms with E-state index in [1.165, 1.54) is 0 Å². The van der Waals surface area contributed by atoms with Crippen LogP contribution in [0.2, 0.25) is 0 Å². The summed E-state index contributed by atoms with van der Waals surface area (Å²) in [7, 11) is 0. The first kappa shape index (κ1) is 12.8. The standard InChI is InChI=1S/C12H14N2O.ClH/c13-9-12(5-7-14-8-6-12)10-3-1-2-4-11(10)15;/h1-4,14-15H,5-8H2;1H. The van der Waals surface area contributed by atoms with Gasteiger partial charge in [-0.25, -0.2) is 0 Å². The smallest absolute Gasteiger partial charge is 0.120 e. The molecular weight excluding hydrogens is 224 g/mol. The summed E-state index contributed by atoms with van der Waals surface area (Å²) in [6.07, 6.45) is 1.53. The number of hydrogen-bond acceptors (Lipinski definition) is 3. The molecule has 0 radical (unpaired) electrons. The van der Waals surface area contributed by atoms with E-state index in [0.29, 0.717) is 0 Å². The number of nitrogens with one attached hydrogen (secondary N) is 1. The SMILES string of the molecule is Cl.N#CC1(c2ccccc2O)CCNCC1. The third-order valence-corrected chi connectivity index (χ3v) is 3.09. The van der Waals surface area contributed by atoms with Crippen molar-refractivity contribution in [3.8, 4) is 11.8 Å². The maximum absolute atomic E-state index is 9.79. The number of aromatic hydroxyl groups is 1. The molecule has 1 fully saturated rings. The van der Waals surface area contributed by atoms with Crippen LogP contribution in [0.15, 0.2) is 24.3 Å². The Bertz CT molecular complexity index is 394. The molecule has 4 heteroatoms. The largest absolute Gasteiger partial charge is 0.508 e. The predicted molar refractivity (Wildman–Crippen MR) is 64.7 cm³/mol. The molecule has 1 aromatic carbocycles. The van der Waals surface area contributed by atoms with Crippen LogP contribution >= 0.6 is 12.4 Å². The second-order valence-electron chi connectivity index (χ2n) is 3.96. The fourth-order valence-corrected chi connectivity index (χ4v) is 2.17. The molecule has 0 atom stereocenters. The lowest BCUT2D eigenvalue weighted by atomic mass is 9.74. The van der Waals surface area contributed by atoms with Gasteiger partial charge in [0, 0.05) is 5.56 Å². The highest BCUT2D eigenvalue weighted by atomic mass is 35.5. The van der Waals surface area contributed by atoms with Crippen molar-refractivity contribution in [3.63, 3.8) is 0 Å². The zero-order chi connectivity index (χ0) is 10.7. The van der Waals surface area contributed by atoms with Crippen molar-refractivity contribution in [1.82, 2.24) is 5.32 Å². The number of halogens is 1. The molecule has 1 aliphatic heterocycles. The highest BCUT2D eigenvalue weighted by molar-refractivity contribution is 5.85. The van der Waals surface area contributed by atoms with Gasteiger partial charge in [0.15, 0.2) is 0 Å². The van der Waals surface area contributed by atoms with Gasteiger partial charge in [0.2, 0.25) is 0 Å². The van der Waals surface area contributed by atoms with Gasteiger partial charge < -0.3 is 10.4 Å². The van der Waals surface area contributed by atoms with Crippen LogP contribution in [0.25, 0.3) is 0 Å². The first-order valence-electron chi connectivity index (χ1n) is 5.19. The summed E-state index contributed by atoms with van der Waals surface area (Å²) in [4.78, 5) is 0. The van der Waals surface area contributed by atoms with Gasteiger partial charge in [-0.15, -0.1) is 12.4 Å². The Balaban J connectivity index is 0.00000128. The van der Waals surface area contributed by atoms with Crippen LogP contribution in [-0.2, 0) is 5.41 Å². The summed E-state index contributed by atoms with van der Waals surface area (Å²) >= 11 is 0. The van der Waals surface area contributed by atoms with E-state index in [1.54, 1.807) is 12.1 Å². The van der Waals surface area contributed by atoms with Crippen LogP contribution in [0.4, 0.5) is 0 Å². The molecule has 0 saturated carbocycles. The van der Waals surface area contributed by atoms with Crippen LogP contribution in [-0.4, -0.2) is 18.2 Å². The van der Waals surface area contributed by atoms with E-state index in [1.807, 2.05) is 12.1 Å². The number of phenols is 1. The van der Waals surface area contributed by atoms with Gasteiger partial charge in [-0.2, -0.15) is 5.26 Å². The number of piperidine rings is 1. The first-order valence-corrected chi connectivity index (χ1v) is 5.19. The molecule has 0 bridgehead atoms. The molecule has 16 heavy (non-hydrogen) atoms. The lowest BCUT2D eigenvalue weighted by Crippen LogP contribution is -2.38. The second kappa shape index (κ2) is 5.20. The Kier molecular flexibility index (Phi) is 4.17. The zero-order valence-corrected chi connectivity index (χ0v) is 9.76. The molecule has 2 rings (SSSR count). The van der Waals surface area contributed by atoms with Crippen molar-refractivity contribution < 1.29 is 5.11 Å². The zero-order valence-electron chi connectivity index (χ0n) is 8.94. The fourth-order valence-electron chi connectivity index (χ4n) is 2.17. The van der Waals surface area contributed by atoms with Gasteiger partial charge in [0.25, 0.3) is 0 Å². The van der Waals surface area contributed by atoms with E-state index >= 15 is 0 Å². The number of nitriles is 1. The highest BCUT2D eigenvalue weighted by Gasteiger charge is 2.35. The second-order valence-corrected chi connectivity index (χ2v) is 3.96. The summed E-state index contributed by atoms with van der Waals surface area (Å²) in [6.45, 7) is 1.67. The summed E-state index contributed by atoms with van der Waals surface area (Å²) in [5.74, 6) is 0.237. The van der Waals surface area contributed by atoms with Crippen molar-refractivity contribution in [3.05, 3.63) is 29.8 Å². The lowest BCUT2D eigenvalue weighted by molar-refractivity contribution is 0.364. The Morgan fingerprint density at radius 1 is 1.25 bits per heavy atom. The van der Waals surface area contributed by atoms with Crippen LogP contribution in [0.1, 0.15) is 18.4 Å². The fraction of sp³-hybridized carbons (Fsp3) is 0.417. The molecule has 0 aliphatic carbocycles. The van der Waals surface area contributed by atoms with E-state index in [4.69, 9.17) is 0 Å². The van der Waals surface area contributed by atoms with Gasteiger partial charge in [0.05, 0.1) is 11.5 Å². The number of rotatable bonds is 1. The molecule has 86 valence electrons. The van der Waals surface area contributed by atoms with E-state index < -0.39 is 5.41 Å². The van der Waals surface area contributed by atoms with Crippen LogP contribution in [0.5, 0.6) is 5.75 Å². The molecule has 0 amide bonds. The molecule has 3 nitrogen and oxygen atoms in total. The van der Waals surface area contributed by atoms with E-state index in [0.717, 1.165) is 31.5 Å². The third kappa shape index (κ3) is 2.13. The maximum Gasteiger partial charge on any atom is 0.120 e. The number of hydrogen-bond donors (Lipinski definition) is 2. The summed E-state index contributed by atoms with van der Waals surface area (Å²) in [5, 5.41) is 22.3. The maximum atomic E-state index is 9.79. The third-order valence-electron chi connectivity index (χ3n) is 3.09. The number of nitrogens with zero attached hydrogens (tertiary/aromatic N) is 1. The number of para-hydroxylation sites is 1. The van der Waals surface area contributed by atoms with Crippen LogP contribution in [0, 0.1) is 11.3 Å². The Hall–Kier alpha value is -1.24. The lowest BCUT2D eigenvalue weighted by Gasteiger charge is -2.31. The number of benzene rings is 1. The van der Waals surface area contributed by atoms with Gasteiger partial charge in [-0.05, 0) is 32.0 Å². The molecule has 0 spiro atoms. The van der Waals surface area contributed by atoms with Crippen LogP contribution < -0.4 is 5.32 Å². The monoisotopic (exact) mass is 238 g/mol. The quantitative estimate of drug-likeness (QED) is 0.787. The molecule has 1 aliphatic rings. The average Bonchev–Trinajstić information content (AvgIpc) is 2.30. The molecule has 1 saturated heterocycles. The Morgan fingerprint density at radius 2 is 1.88 bits per heavy atom. The summed E-state index contributed by atoms with van der Waals surface area (Å²) in [6, 6.07) is 9.53. The molecule has 1 aromatic rings. The van der Waals surface area contributed by atoms with E-state index in [-0.39, 0.29) is 18.2 Å². The minimum absolute atomic E-state index is 0. The van der Waals surface area contributed by atoms with Crippen molar-refractivity contribution in [2.75, 3.05) is 13.1 Å². The van der Waals surface area contributed by atoms with Gasteiger partial charge in [0.1, 0.15) is 5.75 Å². The molecule has 0 aromatic heterocycles. The van der Waals surface area contributed by atoms with Crippen LogP contribution in [0.3, 0.4) is 0 Å². The first-order chi connectivity index (χ1) is 7.28. The normalized spacial score (nSPS) is 18.2. The summed E-state index contributed by atoms with van der Waals surface area (Å²) < 4.78 is 0. The highest BCUT2D eigenvalue weighted by Crippen LogP contribution is 2.37. The van der Waals surface area contributed by atoms with E-state index in [9.17, 15) is 10.4 Å². The van der Waals surface area contributed by atoms with Crippen molar-refractivity contribution in [2.24, 2.45) is 0 Å². The molecule has 0 unspecified atom stereocenters.